The number of piperidine rings is 1. The number of nitrogens with one attached hydrogen (secondary N) is 1. The Kier molecular flexibility index (Phi) is 6.05. The van der Waals surface area contributed by atoms with E-state index in [0.29, 0.717) is 11.9 Å². The molecule has 26 heavy (non-hydrogen) atoms. The van der Waals surface area contributed by atoms with Crippen molar-refractivity contribution in [2.75, 3.05) is 33.2 Å². The molecule has 0 aliphatic carbocycles. The van der Waals surface area contributed by atoms with Crippen molar-refractivity contribution in [3.8, 4) is 0 Å². The standard InChI is InChI=1S/C17H27F3N6/c1-21-16(23-11-15-22-6-10-26(15)13-17(18,19)20)25-9-5-14(12-25)24-7-3-2-4-8-24/h6,10,14H,2-5,7-9,11-13H2,1H3,(H,21,23). The number of likely N-dealkylation sites (tertiary alicyclic amines) is 2. The lowest BCUT2D eigenvalue weighted by Gasteiger charge is -2.32. The average Bonchev–Trinajstić information content (AvgIpc) is 3.25. The van der Waals surface area contributed by atoms with E-state index in [1.807, 2.05) is 0 Å². The van der Waals surface area contributed by atoms with Gasteiger partial charge in [0.05, 0.1) is 6.54 Å². The molecule has 1 atom stereocenters. The highest BCUT2D eigenvalue weighted by Crippen LogP contribution is 2.21. The minimum atomic E-state index is -4.26. The molecule has 3 rings (SSSR count). The summed E-state index contributed by atoms with van der Waals surface area (Å²) in [6.07, 6.45) is 3.46. The Morgan fingerprint density at radius 2 is 2.04 bits per heavy atom. The van der Waals surface area contributed by atoms with Gasteiger partial charge in [-0.1, -0.05) is 6.42 Å². The molecule has 0 spiro atoms. The van der Waals surface area contributed by atoms with E-state index in [4.69, 9.17) is 0 Å². The molecular formula is C17H27F3N6. The monoisotopic (exact) mass is 372 g/mol. The molecule has 3 heterocycles. The first-order valence-corrected chi connectivity index (χ1v) is 9.22. The van der Waals surface area contributed by atoms with Crippen LogP contribution in [0.25, 0.3) is 0 Å². The second-order valence-corrected chi connectivity index (χ2v) is 6.97. The van der Waals surface area contributed by atoms with Crippen molar-refractivity contribution in [2.24, 2.45) is 4.99 Å². The first-order valence-electron chi connectivity index (χ1n) is 9.22. The van der Waals surface area contributed by atoms with Gasteiger partial charge in [0, 0.05) is 38.6 Å². The Morgan fingerprint density at radius 3 is 2.73 bits per heavy atom. The highest BCUT2D eigenvalue weighted by molar-refractivity contribution is 5.80. The fourth-order valence-corrected chi connectivity index (χ4v) is 3.85. The number of nitrogens with zero attached hydrogens (tertiary/aromatic N) is 5. The van der Waals surface area contributed by atoms with Crippen LogP contribution in [0.1, 0.15) is 31.5 Å². The van der Waals surface area contributed by atoms with Crippen LogP contribution in [0.2, 0.25) is 0 Å². The molecule has 0 aromatic carbocycles. The minimum Gasteiger partial charge on any atom is -0.349 e. The number of imidazole rings is 1. The molecule has 1 aromatic rings. The Bertz CT molecular complexity index is 606. The van der Waals surface area contributed by atoms with E-state index in [1.54, 1.807) is 7.05 Å². The zero-order valence-electron chi connectivity index (χ0n) is 15.2. The summed E-state index contributed by atoms with van der Waals surface area (Å²) < 4.78 is 39.0. The number of hydrogen-bond acceptors (Lipinski definition) is 3. The van der Waals surface area contributed by atoms with Crippen molar-refractivity contribution in [2.45, 2.75) is 51.0 Å². The van der Waals surface area contributed by atoms with Gasteiger partial charge in [-0.25, -0.2) is 4.98 Å². The number of aliphatic imine (C=N–C) groups is 1. The van der Waals surface area contributed by atoms with Gasteiger partial charge in [-0.05, 0) is 32.4 Å². The van der Waals surface area contributed by atoms with Crippen molar-refractivity contribution in [1.82, 2.24) is 24.7 Å². The fraction of sp³-hybridized carbons (Fsp3) is 0.765. The van der Waals surface area contributed by atoms with E-state index in [1.165, 1.54) is 44.7 Å². The van der Waals surface area contributed by atoms with Crippen molar-refractivity contribution >= 4 is 5.96 Å². The van der Waals surface area contributed by atoms with E-state index in [2.05, 4.69) is 25.1 Å². The molecule has 2 aliphatic rings. The van der Waals surface area contributed by atoms with Crippen LogP contribution >= 0.6 is 0 Å². The topological polar surface area (TPSA) is 48.7 Å². The maximum Gasteiger partial charge on any atom is 0.406 e. The fourth-order valence-electron chi connectivity index (χ4n) is 3.85. The predicted octanol–water partition coefficient (Wildman–Crippen LogP) is 2.08. The lowest BCUT2D eigenvalue weighted by Crippen LogP contribution is -2.44. The zero-order valence-corrected chi connectivity index (χ0v) is 15.2. The molecule has 0 saturated carbocycles. The van der Waals surface area contributed by atoms with E-state index in [9.17, 15) is 13.2 Å². The highest BCUT2D eigenvalue weighted by Gasteiger charge is 2.31. The summed E-state index contributed by atoms with van der Waals surface area (Å²) >= 11 is 0. The molecule has 2 fully saturated rings. The van der Waals surface area contributed by atoms with E-state index >= 15 is 0 Å². The first kappa shape index (κ1) is 19.0. The van der Waals surface area contributed by atoms with Crippen LogP contribution in [-0.4, -0.2) is 70.8 Å². The van der Waals surface area contributed by atoms with Crippen LogP contribution in [0, 0.1) is 0 Å². The third-order valence-corrected chi connectivity index (χ3v) is 5.14. The lowest BCUT2D eigenvalue weighted by molar-refractivity contribution is -0.141. The normalized spacial score (nSPS) is 22.8. The maximum absolute atomic E-state index is 12.6. The van der Waals surface area contributed by atoms with Gasteiger partial charge in [0.15, 0.2) is 5.96 Å². The van der Waals surface area contributed by atoms with Crippen molar-refractivity contribution in [1.29, 1.82) is 0 Å². The number of guanidine groups is 1. The molecule has 2 aliphatic heterocycles. The van der Waals surface area contributed by atoms with Crippen LogP contribution in [-0.2, 0) is 13.1 Å². The second kappa shape index (κ2) is 8.28. The lowest BCUT2D eigenvalue weighted by atomic mass is 10.1. The van der Waals surface area contributed by atoms with Crippen molar-refractivity contribution < 1.29 is 13.2 Å². The SMILES string of the molecule is CN=C(NCc1nccn1CC(F)(F)F)N1CCC(N2CCCCC2)C1. The Labute approximate surface area is 152 Å². The van der Waals surface area contributed by atoms with Gasteiger partial charge in [0.25, 0.3) is 0 Å². The number of halogens is 3. The van der Waals surface area contributed by atoms with Gasteiger partial charge in [-0.15, -0.1) is 0 Å². The van der Waals surface area contributed by atoms with Crippen LogP contribution < -0.4 is 5.32 Å². The molecule has 1 N–H and O–H groups in total. The number of hydrogen-bond donors (Lipinski definition) is 1. The van der Waals surface area contributed by atoms with Crippen LogP contribution in [0.15, 0.2) is 17.4 Å². The summed E-state index contributed by atoms with van der Waals surface area (Å²) in [5, 5.41) is 3.17. The molecule has 1 aromatic heterocycles. The molecule has 0 amide bonds. The van der Waals surface area contributed by atoms with Gasteiger partial charge in [-0.3, -0.25) is 9.89 Å². The first-order chi connectivity index (χ1) is 12.5. The van der Waals surface area contributed by atoms with Gasteiger partial charge < -0.3 is 14.8 Å². The van der Waals surface area contributed by atoms with Crippen LogP contribution in [0.3, 0.4) is 0 Å². The summed E-state index contributed by atoms with van der Waals surface area (Å²) in [7, 11) is 1.71. The largest absolute Gasteiger partial charge is 0.406 e. The third-order valence-electron chi connectivity index (χ3n) is 5.14. The number of rotatable bonds is 4. The van der Waals surface area contributed by atoms with Crippen LogP contribution in [0.4, 0.5) is 13.2 Å². The smallest absolute Gasteiger partial charge is 0.349 e. The van der Waals surface area contributed by atoms with Gasteiger partial charge in [-0.2, -0.15) is 13.2 Å². The summed E-state index contributed by atoms with van der Waals surface area (Å²) in [4.78, 5) is 13.1. The van der Waals surface area contributed by atoms with Crippen LogP contribution in [0.5, 0.6) is 0 Å². The second-order valence-electron chi connectivity index (χ2n) is 6.97. The Balaban J connectivity index is 1.53. The minimum absolute atomic E-state index is 0.223. The summed E-state index contributed by atoms with van der Waals surface area (Å²) in [6.45, 7) is 3.36. The highest BCUT2D eigenvalue weighted by atomic mass is 19.4. The molecule has 1 unspecified atom stereocenters. The molecule has 2 saturated heterocycles. The van der Waals surface area contributed by atoms with Crippen molar-refractivity contribution in [3.05, 3.63) is 18.2 Å². The predicted molar refractivity (Wildman–Crippen MR) is 93.9 cm³/mol. The molecular weight excluding hydrogens is 345 g/mol. The Hall–Kier alpha value is -1.77. The summed E-state index contributed by atoms with van der Waals surface area (Å²) in [5.41, 5.74) is 0. The zero-order chi connectivity index (χ0) is 18.6. The number of aromatic nitrogens is 2. The van der Waals surface area contributed by atoms with E-state index in [0.717, 1.165) is 30.0 Å². The number of alkyl halides is 3. The van der Waals surface area contributed by atoms with Crippen molar-refractivity contribution in [3.63, 3.8) is 0 Å². The Morgan fingerprint density at radius 1 is 1.27 bits per heavy atom. The van der Waals surface area contributed by atoms with Gasteiger partial charge >= 0.3 is 6.18 Å². The maximum atomic E-state index is 12.6. The average molecular weight is 372 g/mol. The summed E-state index contributed by atoms with van der Waals surface area (Å²) in [5.74, 6) is 1.08. The third kappa shape index (κ3) is 4.90. The molecule has 6 nitrogen and oxygen atoms in total. The van der Waals surface area contributed by atoms with Gasteiger partial charge in [0.2, 0.25) is 0 Å². The molecule has 9 heteroatoms. The molecule has 146 valence electrons. The molecule has 0 radical (unpaired) electrons. The quantitative estimate of drug-likeness (QED) is 0.650. The van der Waals surface area contributed by atoms with E-state index in [-0.39, 0.29) is 6.54 Å². The van der Waals surface area contributed by atoms with E-state index < -0.39 is 12.7 Å². The van der Waals surface area contributed by atoms with Gasteiger partial charge in [0.1, 0.15) is 12.4 Å². The summed E-state index contributed by atoms with van der Waals surface area (Å²) in [6, 6.07) is 0.543. The molecule has 0 bridgehead atoms.